The highest BCUT2D eigenvalue weighted by atomic mass is 15.0. The fraction of sp³-hybridized carbons (Fsp3) is 0.0727. The van der Waals surface area contributed by atoms with Gasteiger partial charge in [0.15, 0.2) is 17.5 Å². The number of nitrogens with zero attached hydrogens (tertiary/aromatic N) is 3. The first-order valence-corrected chi connectivity index (χ1v) is 20.4. The molecule has 2 heterocycles. The SMILES string of the molecule is CC1(C)c2ccccc2C2(c3ccccc3-c3cc(-c4cccc(-c5nc(-c6ccccc6)nc(-c6ccc7c(c6)[nH]c6ccccc67)n5)c4)ccc32)c2ccccc21. The van der Waals surface area contributed by atoms with Crippen LogP contribution in [0, 0.1) is 0 Å². The summed E-state index contributed by atoms with van der Waals surface area (Å²) in [5, 5.41) is 2.38. The zero-order chi connectivity index (χ0) is 39.3. The largest absolute Gasteiger partial charge is 0.354 e. The first-order chi connectivity index (χ1) is 29.0. The number of hydrogen-bond donors (Lipinski definition) is 1. The van der Waals surface area contributed by atoms with E-state index in [2.05, 4.69) is 189 Å². The molecule has 2 aliphatic carbocycles. The lowest BCUT2D eigenvalue weighted by Gasteiger charge is -2.46. The minimum absolute atomic E-state index is 0.130. The molecule has 0 amide bonds. The Balaban J connectivity index is 1.01. The van der Waals surface area contributed by atoms with Gasteiger partial charge in [-0.3, -0.25) is 0 Å². The second-order valence-corrected chi connectivity index (χ2v) is 16.5. The normalized spacial score (nSPS) is 14.2. The molecule has 12 rings (SSSR count). The second kappa shape index (κ2) is 12.5. The maximum atomic E-state index is 5.16. The smallest absolute Gasteiger partial charge is 0.164 e. The molecule has 4 nitrogen and oxygen atoms in total. The van der Waals surface area contributed by atoms with E-state index in [1.54, 1.807) is 0 Å². The summed E-state index contributed by atoms with van der Waals surface area (Å²) in [6.45, 7) is 4.74. The molecule has 0 unspecified atom stereocenters. The van der Waals surface area contributed by atoms with Crippen molar-refractivity contribution in [1.29, 1.82) is 0 Å². The van der Waals surface area contributed by atoms with Crippen LogP contribution in [-0.4, -0.2) is 19.9 Å². The van der Waals surface area contributed by atoms with Gasteiger partial charge in [0.05, 0.1) is 5.41 Å². The number of aromatic nitrogens is 4. The van der Waals surface area contributed by atoms with E-state index in [1.165, 1.54) is 55.3 Å². The van der Waals surface area contributed by atoms with Crippen molar-refractivity contribution in [2.24, 2.45) is 0 Å². The Kier molecular flexibility index (Phi) is 7.16. The first kappa shape index (κ1) is 33.7. The summed E-state index contributed by atoms with van der Waals surface area (Å²) < 4.78 is 0. The number of rotatable bonds is 4. The Morgan fingerprint density at radius 1 is 0.339 bits per heavy atom. The van der Waals surface area contributed by atoms with E-state index in [1.807, 2.05) is 18.2 Å². The molecule has 1 N–H and O–H groups in total. The minimum Gasteiger partial charge on any atom is -0.354 e. The zero-order valence-electron chi connectivity index (χ0n) is 32.7. The van der Waals surface area contributed by atoms with Gasteiger partial charge in [-0.25, -0.2) is 15.0 Å². The van der Waals surface area contributed by atoms with Gasteiger partial charge in [-0.1, -0.05) is 178 Å². The summed E-state index contributed by atoms with van der Waals surface area (Å²) in [5.41, 5.74) is 17.4. The van der Waals surface area contributed by atoms with Gasteiger partial charge in [0.25, 0.3) is 0 Å². The average molecular weight is 755 g/mol. The third kappa shape index (κ3) is 4.87. The summed E-state index contributed by atoms with van der Waals surface area (Å²) in [5.74, 6) is 1.91. The number of aromatic amines is 1. The molecule has 10 aromatic rings. The van der Waals surface area contributed by atoms with Crippen molar-refractivity contribution in [3.8, 4) is 56.4 Å². The number of nitrogens with one attached hydrogen (secondary N) is 1. The lowest BCUT2D eigenvalue weighted by molar-refractivity contribution is 0.563. The van der Waals surface area contributed by atoms with Crippen LogP contribution in [0.1, 0.15) is 47.2 Å². The molecule has 8 aromatic carbocycles. The quantitative estimate of drug-likeness (QED) is 0.195. The van der Waals surface area contributed by atoms with Crippen LogP contribution in [-0.2, 0) is 10.8 Å². The number of benzene rings is 8. The molecule has 2 aromatic heterocycles. The maximum Gasteiger partial charge on any atom is 0.164 e. The van der Waals surface area contributed by atoms with E-state index in [-0.39, 0.29) is 5.41 Å². The van der Waals surface area contributed by atoms with Gasteiger partial charge in [-0.05, 0) is 79.9 Å². The lowest BCUT2D eigenvalue weighted by atomic mass is 9.55. The van der Waals surface area contributed by atoms with Gasteiger partial charge in [0.2, 0.25) is 0 Å². The van der Waals surface area contributed by atoms with Crippen LogP contribution in [0.2, 0.25) is 0 Å². The summed E-state index contributed by atoms with van der Waals surface area (Å²) in [6.07, 6.45) is 0. The van der Waals surface area contributed by atoms with Crippen LogP contribution in [0.3, 0.4) is 0 Å². The van der Waals surface area contributed by atoms with Gasteiger partial charge in [-0.15, -0.1) is 0 Å². The van der Waals surface area contributed by atoms with Crippen LogP contribution in [0.25, 0.3) is 78.2 Å². The van der Waals surface area contributed by atoms with Crippen molar-refractivity contribution >= 4 is 21.8 Å². The number of fused-ring (bicyclic) bond motifs is 12. The standard InChI is InChI=1S/C55H38N4/c1-54(2)45-22-9-11-24-47(45)55(48-25-12-10-23-46(48)54)43-21-8-6-19-39(43)42-32-36(28-30-44(42)55)35-17-14-18-37(31-35)52-57-51(34-15-4-3-5-16-34)58-53(59-52)38-27-29-41-40-20-7-13-26-49(40)56-50(41)33-38/h3-33,56H,1-2H3. The van der Waals surface area contributed by atoms with Gasteiger partial charge >= 0.3 is 0 Å². The summed E-state index contributed by atoms with van der Waals surface area (Å²) in [6, 6.07) is 68.0. The highest BCUT2D eigenvalue weighted by molar-refractivity contribution is 6.08. The Bertz CT molecular complexity index is 3270. The van der Waals surface area contributed by atoms with E-state index < -0.39 is 5.41 Å². The van der Waals surface area contributed by atoms with Crippen molar-refractivity contribution in [1.82, 2.24) is 19.9 Å². The van der Waals surface area contributed by atoms with Crippen LogP contribution in [0.4, 0.5) is 0 Å². The molecular weight excluding hydrogens is 717 g/mol. The third-order valence-corrected chi connectivity index (χ3v) is 12.9. The van der Waals surface area contributed by atoms with Crippen molar-refractivity contribution in [2.45, 2.75) is 24.7 Å². The molecule has 0 bridgehead atoms. The predicted octanol–water partition coefficient (Wildman–Crippen LogP) is 13.2. The predicted molar refractivity (Wildman–Crippen MR) is 240 cm³/mol. The Labute approximate surface area is 343 Å². The highest BCUT2D eigenvalue weighted by Crippen LogP contribution is 2.62. The Hall–Kier alpha value is -7.43. The molecule has 0 aliphatic heterocycles. The van der Waals surface area contributed by atoms with Crippen LogP contribution in [0.15, 0.2) is 188 Å². The fourth-order valence-corrected chi connectivity index (χ4v) is 10.2. The summed E-state index contributed by atoms with van der Waals surface area (Å²) in [4.78, 5) is 18.9. The van der Waals surface area contributed by atoms with Crippen molar-refractivity contribution in [2.75, 3.05) is 0 Å². The molecule has 0 atom stereocenters. The van der Waals surface area contributed by atoms with Crippen LogP contribution in [0.5, 0.6) is 0 Å². The summed E-state index contributed by atoms with van der Waals surface area (Å²) in [7, 11) is 0. The minimum atomic E-state index is -0.417. The topological polar surface area (TPSA) is 54.5 Å². The van der Waals surface area contributed by atoms with Crippen molar-refractivity contribution in [3.05, 3.63) is 221 Å². The second-order valence-electron chi connectivity index (χ2n) is 16.5. The Morgan fingerprint density at radius 3 is 1.59 bits per heavy atom. The van der Waals surface area contributed by atoms with Gasteiger partial charge in [-0.2, -0.15) is 0 Å². The zero-order valence-corrected chi connectivity index (χ0v) is 32.7. The van der Waals surface area contributed by atoms with E-state index in [4.69, 9.17) is 15.0 Å². The van der Waals surface area contributed by atoms with Crippen LogP contribution < -0.4 is 0 Å². The molecular formula is C55H38N4. The van der Waals surface area contributed by atoms with Crippen LogP contribution >= 0.6 is 0 Å². The lowest BCUT2D eigenvalue weighted by Crippen LogP contribution is -2.40. The molecule has 0 radical (unpaired) electrons. The van der Waals surface area contributed by atoms with Gasteiger partial charge in [0.1, 0.15) is 0 Å². The van der Waals surface area contributed by atoms with E-state index in [9.17, 15) is 0 Å². The third-order valence-electron chi connectivity index (χ3n) is 12.9. The number of H-pyrrole nitrogens is 1. The molecule has 2 aliphatic rings. The van der Waals surface area contributed by atoms with Crippen molar-refractivity contribution in [3.63, 3.8) is 0 Å². The number of para-hydroxylation sites is 1. The molecule has 59 heavy (non-hydrogen) atoms. The molecule has 0 saturated heterocycles. The van der Waals surface area contributed by atoms with E-state index in [0.29, 0.717) is 17.5 Å². The maximum absolute atomic E-state index is 5.16. The molecule has 1 spiro atoms. The average Bonchev–Trinajstić information content (AvgIpc) is 3.82. The van der Waals surface area contributed by atoms with Gasteiger partial charge < -0.3 is 4.98 Å². The molecule has 0 saturated carbocycles. The number of hydrogen-bond acceptors (Lipinski definition) is 3. The fourth-order valence-electron chi connectivity index (χ4n) is 10.2. The monoisotopic (exact) mass is 754 g/mol. The summed E-state index contributed by atoms with van der Waals surface area (Å²) >= 11 is 0. The molecule has 278 valence electrons. The Morgan fingerprint density at radius 2 is 0.847 bits per heavy atom. The first-order valence-electron chi connectivity index (χ1n) is 20.4. The molecule has 4 heteroatoms. The van der Waals surface area contributed by atoms with E-state index in [0.717, 1.165) is 38.9 Å². The van der Waals surface area contributed by atoms with Crippen molar-refractivity contribution < 1.29 is 0 Å². The van der Waals surface area contributed by atoms with E-state index >= 15 is 0 Å². The van der Waals surface area contributed by atoms with Gasteiger partial charge in [0, 0.05) is 43.9 Å². The highest BCUT2D eigenvalue weighted by Gasteiger charge is 2.53. The molecule has 0 fully saturated rings.